The minimum atomic E-state index is 0.313. The Kier molecular flexibility index (Phi) is 3.31. The van der Waals surface area contributed by atoms with Crippen molar-refractivity contribution in [3.8, 4) is 0 Å². The van der Waals surface area contributed by atoms with Crippen molar-refractivity contribution in [2.24, 2.45) is 0 Å². The van der Waals surface area contributed by atoms with Gasteiger partial charge in [0.15, 0.2) is 0 Å². The second-order valence-corrected chi connectivity index (χ2v) is 6.95. The van der Waals surface area contributed by atoms with Crippen LogP contribution in [0.1, 0.15) is 40.8 Å². The van der Waals surface area contributed by atoms with Crippen LogP contribution in [0.2, 0.25) is 0 Å². The Bertz CT molecular complexity index is 633. The van der Waals surface area contributed by atoms with Crippen LogP contribution in [0.3, 0.4) is 0 Å². The van der Waals surface area contributed by atoms with E-state index in [2.05, 4.69) is 46.3 Å². The number of alkyl halides is 1. The molecule has 20 heavy (non-hydrogen) atoms. The van der Waals surface area contributed by atoms with Crippen LogP contribution in [-0.2, 0) is 17.6 Å². The minimum Gasteiger partial charge on any atom is -0.377 e. The van der Waals surface area contributed by atoms with E-state index in [4.69, 9.17) is 4.74 Å². The third-order valence-corrected chi connectivity index (χ3v) is 5.83. The molecule has 0 saturated carbocycles. The number of benzene rings is 2. The highest BCUT2D eigenvalue weighted by Gasteiger charge is 2.26. The number of halogens is 1. The predicted octanol–water partition coefficient (Wildman–Crippen LogP) is 4.94. The van der Waals surface area contributed by atoms with E-state index >= 15 is 0 Å². The van der Waals surface area contributed by atoms with Gasteiger partial charge in [-0.2, -0.15) is 0 Å². The van der Waals surface area contributed by atoms with Gasteiger partial charge in [0, 0.05) is 6.61 Å². The van der Waals surface area contributed by atoms with Crippen molar-refractivity contribution in [2.75, 3.05) is 6.61 Å². The van der Waals surface area contributed by atoms with E-state index in [-0.39, 0.29) is 0 Å². The molecule has 2 atom stereocenters. The molecule has 0 bridgehead atoms. The van der Waals surface area contributed by atoms with Gasteiger partial charge >= 0.3 is 0 Å². The van der Waals surface area contributed by atoms with Crippen molar-refractivity contribution in [2.45, 2.75) is 43.0 Å². The quantitative estimate of drug-likeness (QED) is 0.708. The summed E-state index contributed by atoms with van der Waals surface area (Å²) in [6.07, 6.45) is 6.38. The molecule has 0 amide bonds. The Hall–Kier alpha value is -0.860. The van der Waals surface area contributed by atoms with Crippen LogP contribution in [-0.4, -0.2) is 12.7 Å². The molecule has 0 spiro atoms. The van der Waals surface area contributed by atoms with Crippen LogP contribution in [0.4, 0.5) is 0 Å². The molecule has 104 valence electrons. The molecule has 2 unspecified atom stereocenters. The fraction of sp³-hybridized carbons (Fsp3) is 0.444. The zero-order valence-corrected chi connectivity index (χ0v) is 13.2. The number of hydrogen-bond donors (Lipinski definition) is 0. The van der Waals surface area contributed by atoms with E-state index in [1.165, 1.54) is 59.6 Å². The first-order valence-corrected chi connectivity index (χ1v) is 8.55. The molecule has 2 aromatic carbocycles. The molecule has 1 aliphatic carbocycles. The second-order valence-electron chi connectivity index (χ2n) is 5.96. The monoisotopic (exact) mass is 330 g/mol. The van der Waals surface area contributed by atoms with Gasteiger partial charge < -0.3 is 4.74 Å². The van der Waals surface area contributed by atoms with Gasteiger partial charge in [-0.1, -0.05) is 46.3 Å². The maximum atomic E-state index is 5.97. The van der Waals surface area contributed by atoms with E-state index in [0.29, 0.717) is 10.9 Å². The van der Waals surface area contributed by atoms with Crippen molar-refractivity contribution < 1.29 is 4.74 Å². The van der Waals surface area contributed by atoms with E-state index in [0.717, 1.165) is 6.61 Å². The van der Waals surface area contributed by atoms with Crippen molar-refractivity contribution in [1.82, 2.24) is 0 Å². The molecule has 0 radical (unpaired) electrons. The van der Waals surface area contributed by atoms with Gasteiger partial charge in [-0.15, -0.1) is 0 Å². The first kappa shape index (κ1) is 12.8. The highest BCUT2D eigenvalue weighted by Crippen LogP contribution is 2.40. The lowest BCUT2D eigenvalue weighted by atomic mass is 9.94. The van der Waals surface area contributed by atoms with Gasteiger partial charge in [-0.05, 0) is 59.6 Å². The average molecular weight is 331 g/mol. The zero-order chi connectivity index (χ0) is 13.5. The van der Waals surface area contributed by atoms with Gasteiger partial charge in [0.1, 0.15) is 0 Å². The largest absolute Gasteiger partial charge is 0.377 e. The summed E-state index contributed by atoms with van der Waals surface area (Å²) in [5.41, 5.74) is 4.44. The molecule has 1 saturated heterocycles. The SMILES string of the molecule is BrC(c1ccc2c3c(cccc13)CC2)C1CCCCO1. The van der Waals surface area contributed by atoms with Gasteiger partial charge in [0.2, 0.25) is 0 Å². The molecular weight excluding hydrogens is 312 g/mol. The Morgan fingerprint density at radius 3 is 2.70 bits per heavy atom. The Labute approximate surface area is 128 Å². The smallest absolute Gasteiger partial charge is 0.0741 e. The first-order valence-electron chi connectivity index (χ1n) is 7.63. The molecule has 1 fully saturated rings. The normalized spacial score (nSPS) is 23.1. The van der Waals surface area contributed by atoms with Crippen molar-refractivity contribution >= 4 is 26.7 Å². The lowest BCUT2D eigenvalue weighted by Crippen LogP contribution is -2.23. The average Bonchev–Trinajstić information content (AvgIpc) is 2.93. The summed E-state index contributed by atoms with van der Waals surface area (Å²) in [6, 6.07) is 11.4. The number of ether oxygens (including phenoxy) is 1. The highest BCUT2D eigenvalue weighted by molar-refractivity contribution is 9.09. The van der Waals surface area contributed by atoms with Crippen LogP contribution in [0.25, 0.3) is 10.8 Å². The van der Waals surface area contributed by atoms with Gasteiger partial charge in [0.05, 0.1) is 10.9 Å². The second kappa shape index (κ2) is 5.16. The lowest BCUT2D eigenvalue weighted by molar-refractivity contribution is 0.0162. The summed E-state index contributed by atoms with van der Waals surface area (Å²) >= 11 is 3.91. The van der Waals surface area contributed by atoms with Crippen LogP contribution in [0.5, 0.6) is 0 Å². The fourth-order valence-electron chi connectivity index (χ4n) is 3.71. The standard InChI is InChI=1S/C18H19BrO/c19-18(16-6-1-2-11-20-16)15-10-9-13-8-7-12-4-3-5-14(15)17(12)13/h3-5,9-10,16,18H,1-2,6-8,11H2. The topological polar surface area (TPSA) is 9.23 Å². The minimum absolute atomic E-state index is 0.313. The summed E-state index contributed by atoms with van der Waals surface area (Å²) < 4.78 is 5.97. The number of aryl methyl sites for hydroxylation is 2. The third-order valence-electron chi connectivity index (χ3n) is 4.75. The van der Waals surface area contributed by atoms with Crippen LogP contribution < -0.4 is 0 Å². The first-order chi connectivity index (χ1) is 9.84. The summed E-state index contributed by atoms with van der Waals surface area (Å²) in [7, 11) is 0. The summed E-state index contributed by atoms with van der Waals surface area (Å²) in [5.74, 6) is 0. The molecule has 0 N–H and O–H groups in total. The summed E-state index contributed by atoms with van der Waals surface area (Å²) in [4.78, 5) is 0.313. The van der Waals surface area contributed by atoms with Gasteiger partial charge in [-0.25, -0.2) is 0 Å². The van der Waals surface area contributed by atoms with Crippen LogP contribution >= 0.6 is 15.9 Å². The third kappa shape index (κ3) is 2.01. The zero-order valence-electron chi connectivity index (χ0n) is 11.6. The molecule has 0 aromatic heterocycles. The molecule has 2 aliphatic rings. The molecule has 1 aliphatic heterocycles. The molecule has 2 aromatic rings. The van der Waals surface area contributed by atoms with Gasteiger partial charge in [-0.3, -0.25) is 0 Å². The number of rotatable bonds is 2. The van der Waals surface area contributed by atoms with Crippen LogP contribution in [0, 0.1) is 0 Å². The molecule has 2 heteroatoms. The summed E-state index contributed by atoms with van der Waals surface area (Å²) in [6.45, 7) is 0.911. The lowest BCUT2D eigenvalue weighted by Gasteiger charge is -2.28. The molecule has 1 nitrogen and oxygen atoms in total. The number of hydrogen-bond acceptors (Lipinski definition) is 1. The summed E-state index contributed by atoms with van der Waals surface area (Å²) in [5, 5.41) is 2.93. The van der Waals surface area contributed by atoms with Crippen LogP contribution in [0.15, 0.2) is 30.3 Å². The molecule has 4 rings (SSSR count). The fourth-order valence-corrected chi connectivity index (χ4v) is 4.52. The molecular formula is C18H19BrO. The van der Waals surface area contributed by atoms with Gasteiger partial charge in [0.25, 0.3) is 0 Å². The Balaban J connectivity index is 1.80. The van der Waals surface area contributed by atoms with Crippen molar-refractivity contribution in [1.29, 1.82) is 0 Å². The maximum absolute atomic E-state index is 5.97. The van der Waals surface area contributed by atoms with Crippen molar-refractivity contribution in [3.63, 3.8) is 0 Å². The predicted molar refractivity (Wildman–Crippen MR) is 86.6 cm³/mol. The van der Waals surface area contributed by atoms with E-state index in [9.17, 15) is 0 Å². The van der Waals surface area contributed by atoms with E-state index in [1.54, 1.807) is 0 Å². The van der Waals surface area contributed by atoms with E-state index in [1.807, 2.05) is 0 Å². The highest BCUT2D eigenvalue weighted by atomic mass is 79.9. The Morgan fingerprint density at radius 2 is 1.90 bits per heavy atom. The molecule has 1 heterocycles. The van der Waals surface area contributed by atoms with E-state index < -0.39 is 0 Å². The maximum Gasteiger partial charge on any atom is 0.0741 e. The van der Waals surface area contributed by atoms with Crippen molar-refractivity contribution in [3.05, 3.63) is 47.0 Å². The Morgan fingerprint density at radius 1 is 1.05 bits per heavy atom.